The third-order valence-corrected chi connectivity index (χ3v) is 6.28. The Bertz CT molecular complexity index is 1170. The first-order valence-corrected chi connectivity index (χ1v) is 10.6. The molecule has 5 rings (SSSR count). The predicted octanol–water partition coefficient (Wildman–Crippen LogP) is 4.22. The maximum absolute atomic E-state index is 12.9. The van der Waals surface area contributed by atoms with E-state index in [9.17, 15) is 4.79 Å². The van der Waals surface area contributed by atoms with Gasteiger partial charge in [-0.3, -0.25) is 9.20 Å². The molecule has 0 unspecified atom stereocenters. The first kappa shape index (κ1) is 17.9. The third-order valence-electron chi connectivity index (χ3n) is 5.27. The number of fused-ring (bicyclic) bond motifs is 2. The molecule has 3 heterocycles. The molecule has 144 valence electrons. The van der Waals surface area contributed by atoms with Crippen molar-refractivity contribution in [2.45, 2.75) is 23.9 Å². The normalized spacial score (nSPS) is 13.4. The first-order valence-electron chi connectivity index (χ1n) is 9.65. The van der Waals surface area contributed by atoms with Crippen LogP contribution in [0.3, 0.4) is 0 Å². The van der Waals surface area contributed by atoms with Crippen molar-refractivity contribution in [3.63, 3.8) is 0 Å². The number of rotatable bonds is 4. The van der Waals surface area contributed by atoms with Gasteiger partial charge in [0.2, 0.25) is 0 Å². The standard InChI is InChI=1S/C23H20N4OS/c28-22(26-14-12-18-5-1-2-6-20(18)15-26)19-10-8-17(9-11-19)16-29-23-25-24-21-7-3-4-13-27(21)23/h1-11,13H,12,14-16H2. The van der Waals surface area contributed by atoms with Gasteiger partial charge in [0.25, 0.3) is 5.91 Å². The highest BCUT2D eigenvalue weighted by atomic mass is 32.2. The first-order chi connectivity index (χ1) is 14.3. The number of hydrogen-bond donors (Lipinski definition) is 0. The monoisotopic (exact) mass is 400 g/mol. The van der Waals surface area contributed by atoms with Crippen LogP contribution in [0.2, 0.25) is 0 Å². The average molecular weight is 401 g/mol. The van der Waals surface area contributed by atoms with E-state index in [2.05, 4.69) is 28.4 Å². The molecule has 4 aromatic rings. The quantitative estimate of drug-likeness (QED) is 0.481. The van der Waals surface area contributed by atoms with E-state index in [0.29, 0.717) is 6.54 Å². The Morgan fingerprint density at radius 2 is 1.72 bits per heavy atom. The lowest BCUT2D eigenvalue weighted by atomic mass is 9.99. The summed E-state index contributed by atoms with van der Waals surface area (Å²) >= 11 is 1.64. The van der Waals surface area contributed by atoms with Gasteiger partial charge in [0.05, 0.1) is 0 Å². The molecule has 1 aliphatic heterocycles. The largest absolute Gasteiger partial charge is 0.334 e. The molecule has 29 heavy (non-hydrogen) atoms. The van der Waals surface area contributed by atoms with Gasteiger partial charge < -0.3 is 4.90 Å². The second-order valence-corrected chi connectivity index (χ2v) is 8.08. The summed E-state index contributed by atoms with van der Waals surface area (Å²) in [7, 11) is 0. The number of amides is 1. The molecule has 0 radical (unpaired) electrons. The molecule has 0 N–H and O–H groups in total. The third kappa shape index (κ3) is 3.63. The molecule has 1 amide bonds. The Balaban J connectivity index is 1.25. The zero-order chi connectivity index (χ0) is 19.6. The van der Waals surface area contributed by atoms with Crippen LogP contribution in [0.1, 0.15) is 27.0 Å². The second kappa shape index (κ2) is 7.72. The van der Waals surface area contributed by atoms with E-state index in [4.69, 9.17) is 0 Å². The fourth-order valence-electron chi connectivity index (χ4n) is 3.66. The van der Waals surface area contributed by atoms with Gasteiger partial charge in [-0.15, -0.1) is 10.2 Å². The van der Waals surface area contributed by atoms with Crippen molar-refractivity contribution in [1.82, 2.24) is 19.5 Å². The van der Waals surface area contributed by atoms with E-state index >= 15 is 0 Å². The molecular weight excluding hydrogens is 380 g/mol. The van der Waals surface area contributed by atoms with Crippen LogP contribution in [-0.2, 0) is 18.7 Å². The van der Waals surface area contributed by atoms with Crippen molar-refractivity contribution < 1.29 is 4.79 Å². The summed E-state index contributed by atoms with van der Waals surface area (Å²) < 4.78 is 1.98. The minimum atomic E-state index is 0.0992. The maximum Gasteiger partial charge on any atom is 0.254 e. The lowest BCUT2D eigenvalue weighted by Crippen LogP contribution is -2.35. The van der Waals surface area contributed by atoms with E-state index in [-0.39, 0.29) is 5.91 Å². The van der Waals surface area contributed by atoms with Crippen LogP contribution in [-0.4, -0.2) is 31.9 Å². The molecule has 0 spiro atoms. The summed E-state index contributed by atoms with van der Waals surface area (Å²) in [6.07, 6.45) is 2.89. The van der Waals surface area contributed by atoms with Crippen LogP contribution in [0.5, 0.6) is 0 Å². The summed E-state index contributed by atoms with van der Waals surface area (Å²) in [6, 6.07) is 22.2. The predicted molar refractivity (Wildman–Crippen MR) is 114 cm³/mol. The summed E-state index contributed by atoms with van der Waals surface area (Å²) in [6.45, 7) is 1.46. The van der Waals surface area contributed by atoms with Crippen molar-refractivity contribution in [3.05, 3.63) is 95.2 Å². The van der Waals surface area contributed by atoms with Crippen molar-refractivity contribution in [3.8, 4) is 0 Å². The number of thioether (sulfide) groups is 1. The van der Waals surface area contributed by atoms with Crippen LogP contribution < -0.4 is 0 Å². The van der Waals surface area contributed by atoms with Crippen LogP contribution in [0.25, 0.3) is 5.65 Å². The fourth-order valence-corrected chi connectivity index (χ4v) is 4.54. The molecule has 2 aromatic carbocycles. The molecule has 0 atom stereocenters. The Morgan fingerprint density at radius 1 is 0.931 bits per heavy atom. The Kier molecular flexibility index (Phi) is 4.77. The van der Waals surface area contributed by atoms with E-state index in [1.165, 1.54) is 11.1 Å². The van der Waals surface area contributed by atoms with E-state index in [0.717, 1.165) is 40.6 Å². The number of nitrogens with zero attached hydrogens (tertiary/aromatic N) is 4. The van der Waals surface area contributed by atoms with Crippen molar-refractivity contribution in [2.75, 3.05) is 6.54 Å². The zero-order valence-electron chi connectivity index (χ0n) is 15.9. The van der Waals surface area contributed by atoms with Crippen molar-refractivity contribution in [2.24, 2.45) is 0 Å². The number of benzene rings is 2. The van der Waals surface area contributed by atoms with E-state index < -0.39 is 0 Å². The molecule has 2 aromatic heterocycles. The number of carbonyl (C=O) groups is 1. The molecule has 0 bridgehead atoms. The zero-order valence-corrected chi connectivity index (χ0v) is 16.7. The molecule has 6 heteroatoms. The highest BCUT2D eigenvalue weighted by Crippen LogP contribution is 2.23. The number of carbonyl (C=O) groups excluding carboxylic acids is 1. The molecular formula is C23H20N4OS. The van der Waals surface area contributed by atoms with Crippen molar-refractivity contribution in [1.29, 1.82) is 0 Å². The highest BCUT2D eigenvalue weighted by Gasteiger charge is 2.21. The molecule has 0 aliphatic carbocycles. The summed E-state index contributed by atoms with van der Waals surface area (Å²) in [4.78, 5) is 14.8. The van der Waals surface area contributed by atoms with Crippen LogP contribution >= 0.6 is 11.8 Å². The summed E-state index contributed by atoms with van der Waals surface area (Å²) in [5.74, 6) is 0.878. The van der Waals surface area contributed by atoms with Crippen LogP contribution in [0.4, 0.5) is 0 Å². The molecule has 0 saturated carbocycles. The summed E-state index contributed by atoms with van der Waals surface area (Å²) in [5, 5.41) is 9.30. The van der Waals surface area contributed by atoms with Gasteiger partial charge in [-0.25, -0.2) is 0 Å². The van der Waals surface area contributed by atoms with E-state index in [1.54, 1.807) is 11.8 Å². The van der Waals surface area contributed by atoms with Gasteiger partial charge in [0.15, 0.2) is 10.8 Å². The highest BCUT2D eigenvalue weighted by molar-refractivity contribution is 7.98. The minimum absolute atomic E-state index is 0.0992. The van der Waals surface area contributed by atoms with Gasteiger partial charge in [-0.05, 0) is 47.4 Å². The van der Waals surface area contributed by atoms with Gasteiger partial charge in [0, 0.05) is 30.6 Å². The second-order valence-electron chi connectivity index (χ2n) is 7.14. The smallest absolute Gasteiger partial charge is 0.254 e. The van der Waals surface area contributed by atoms with Gasteiger partial charge >= 0.3 is 0 Å². The van der Waals surface area contributed by atoms with Gasteiger partial charge in [0.1, 0.15) is 0 Å². The number of hydrogen-bond acceptors (Lipinski definition) is 4. The molecule has 0 fully saturated rings. The van der Waals surface area contributed by atoms with E-state index in [1.807, 2.05) is 64.0 Å². The lowest BCUT2D eigenvalue weighted by Gasteiger charge is -2.29. The average Bonchev–Trinajstić information content (AvgIpc) is 3.20. The number of pyridine rings is 1. The Labute approximate surface area is 173 Å². The van der Waals surface area contributed by atoms with Gasteiger partial charge in [-0.1, -0.05) is 54.2 Å². The Hall–Kier alpha value is -3.12. The SMILES string of the molecule is O=C(c1ccc(CSc2nnc3ccccn23)cc1)N1CCc2ccccc2C1. The minimum Gasteiger partial charge on any atom is -0.334 e. The van der Waals surface area contributed by atoms with Crippen LogP contribution in [0, 0.1) is 0 Å². The van der Waals surface area contributed by atoms with Crippen LogP contribution in [0.15, 0.2) is 78.1 Å². The summed E-state index contributed by atoms with van der Waals surface area (Å²) in [5.41, 5.74) is 5.35. The topological polar surface area (TPSA) is 50.5 Å². The molecule has 5 nitrogen and oxygen atoms in total. The fraction of sp³-hybridized carbons (Fsp3) is 0.174. The maximum atomic E-state index is 12.9. The van der Waals surface area contributed by atoms with Crippen molar-refractivity contribution >= 4 is 23.3 Å². The van der Waals surface area contributed by atoms with Gasteiger partial charge in [-0.2, -0.15) is 0 Å². The lowest BCUT2D eigenvalue weighted by molar-refractivity contribution is 0.0734. The molecule has 0 saturated heterocycles. The Morgan fingerprint density at radius 3 is 2.59 bits per heavy atom. The molecule has 1 aliphatic rings. The number of aromatic nitrogens is 3.